The lowest BCUT2D eigenvalue weighted by atomic mass is 10.1. The number of aliphatic hydroxyl groups is 1. The molecule has 32 heavy (non-hydrogen) atoms. The number of halogens is 2. The first-order valence-electron chi connectivity index (χ1n) is 10.5. The molecule has 1 unspecified atom stereocenters. The zero-order valence-electron chi connectivity index (χ0n) is 18.8. The number of aliphatic hydroxyl groups excluding tert-OH is 1. The predicted octanol–water partition coefficient (Wildman–Crippen LogP) is 3.28. The monoisotopic (exact) mass is 558 g/mol. The smallest absolute Gasteiger partial charge is 0.194 e. The van der Waals surface area contributed by atoms with Gasteiger partial charge in [-0.25, -0.2) is 4.39 Å². The first-order valence-corrected chi connectivity index (χ1v) is 10.5. The Morgan fingerprint density at radius 3 is 2.28 bits per heavy atom. The summed E-state index contributed by atoms with van der Waals surface area (Å²) in [6.07, 6.45) is -0.794. The zero-order valence-corrected chi connectivity index (χ0v) is 21.1. The van der Waals surface area contributed by atoms with Crippen molar-refractivity contribution in [2.45, 2.75) is 13.0 Å². The highest BCUT2D eigenvalue weighted by Crippen LogP contribution is 2.26. The van der Waals surface area contributed by atoms with Gasteiger partial charge in [-0.15, -0.1) is 24.0 Å². The molecule has 176 valence electrons. The Labute approximate surface area is 206 Å². The van der Waals surface area contributed by atoms with Gasteiger partial charge in [0.15, 0.2) is 5.96 Å². The minimum atomic E-state index is -0.794. The van der Waals surface area contributed by atoms with Crippen molar-refractivity contribution in [2.24, 2.45) is 4.99 Å². The maximum Gasteiger partial charge on any atom is 0.194 e. The Bertz CT molecular complexity index is 869. The number of ether oxygens (including phenoxy) is 2. The van der Waals surface area contributed by atoms with Crippen molar-refractivity contribution in [3.8, 4) is 11.5 Å². The third-order valence-electron chi connectivity index (χ3n) is 5.28. The van der Waals surface area contributed by atoms with Crippen LogP contribution in [-0.2, 0) is 0 Å². The number of nitrogens with zero attached hydrogens (tertiary/aromatic N) is 3. The average molecular weight is 558 g/mol. The van der Waals surface area contributed by atoms with Crippen LogP contribution in [0.4, 0.5) is 10.1 Å². The van der Waals surface area contributed by atoms with Crippen molar-refractivity contribution >= 4 is 35.6 Å². The van der Waals surface area contributed by atoms with Crippen LogP contribution < -0.4 is 19.7 Å². The number of benzene rings is 2. The first-order chi connectivity index (χ1) is 15.0. The summed E-state index contributed by atoms with van der Waals surface area (Å²) >= 11 is 0. The van der Waals surface area contributed by atoms with E-state index in [1.54, 1.807) is 38.5 Å². The number of para-hydroxylation sites is 1. The molecule has 0 saturated carbocycles. The summed E-state index contributed by atoms with van der Waals surface area (Å²) in [7, 11) is 3.15. The maximum absolute atomic E-state index is 14.1. The molecule has 0 bridgehead atoms. The third kappa shape index (κ3) is 6.61. The number of piperazine rings is 1. The van der Waals surface area contributed by atoms with Gasteiger partial charge in [0.2, 0.25) is 0 Å². The minimum Gasteiger partial charge on any atom is -0.497 e. The Morgan fingerprint density at radius 2 is 1.72 bits per heavy atom. The number of nitrogens with one attached hydrogen (secondary N) is 1. The van der Waals surface area contributed by atoms with Crippen LogP contribution >= 0.6 is 24.0 Å². The summed E-state index contributed by atoms with van der Waals surface area (Å²) in [4.78, 5) is 8.83. The van der Waals surface area contributed by atoms with E-state index in [1.165, 1.54) is 6.07 Å². The first kappa shape index (κ1) is 26.0. The molecule has 2 N–H and O–H groups in total. The normalized spacial score (nSPS) is 15.1. The Hall–Kier alpha value is -2.27. The largest absolute Gasteiger partial charge is 0.497 e. The van der Waals surface area contributed by atoms with Gasteiger partial charge in [-0.3, -0.25) is 4.99 Å². The van der Waals surface area contributed by atoms with E-state index in [9.17, 15) is 9.50 Å². The molecule has 2 aromatic carbocycles. The number of anilines is 1. The molecule has 1 heterocycles. The lowest BCUT2D eigenvalue weighted by Gasteiger charge is -2.37. The van der Waals surface area contributed by atoms with Crippen LogP contribution in [0.1, 0.15) is 18.6 Å². The van der Waals surface area contributed by atoms with Crippen molar-refractivity contribution in [2.75, 3.05) is 58.4 Å². The second-order valence-electron chi connectivity index (χ2n) is 7.28. The fraction of sp³-hybridized carbons (Fsp3) is 0.435. The van der Waals surface area contributed by atoms with Gasteiger partial charge < -0.3 is 29.7 Å². The molecule has 0 spiro atoms. The standard InChI is InChI=1S/C23H31FN4O3.HI/c1-4-25-23(26-16-22(29)17-13-18(30-2)15-19(14-17)31-3)28-11-9-27(10-12-28)21-8-6-5-7-20(21)24;/h5-8,13-15,22,29H,4,9-12,16H2,1-3H3,(H,25,26);1H. The van der Waals surface area contributed by atoms with Crippen LogP contribution in [-0.4, -0.2) is 69.5 Å². The fourth-order valence-electron chi connectivity index (χ4n) is 3.59. The van der Waals surface area contributed by atoms with Gasteiger partial charge in [0, 0.05) is 38.8 Å². The molecule has 1 atom stereocenters. The fourth-order valence-corrected chi connectivity index (χ4v) is 3.59. The van der Waals surface area contributed by atoms with Gasteiger partial charge in [-0.05, 0) is 36.8 Å². The van der Waals surface area contributed by atoms with Crippen molar-refractivity contribution in [3.05, 3.63) is 53.8 Å². The molecule has 9 heteroatoms. The van der Waals surface area contributed by atoms with Gasteiger partial charge in [-0.2, -0.15) is 0 Å². The van der Waals surface area contributed by atoms with E-state index < -0.39 is 6.10 Å². The van der Waals surface area contributed by atoms with E-state index in [0.717, 1.165) is 12.5 Å². The van der Waals surface area contributed by atoms with Crippen LogP contribution in [0.2, 0.25) is 0 Å². The highest BCUT2D eigenvalue weighted by molar-refractivity contribution is 14.0. The van der Waals surface area contributed by atoms with Crippen LogP contribution in [0, 0.1) is 5.82 Å². The lowest BCUT2D eigenvalue weighted by Crippen LogP contribution is -2.52. The van der Waals surface area contributed by atoms with Crippen molar-refractivity contribution in [3.63, 3.8) is 0 Å². The molecule has 1 aliphatic heterocycles. The zero-order chi connectivity index (χ0) is 22.2. The van der Waals surface area contributed by atoms with Crippen LogP contribution in [0.15, 0.2) is 47.5 Å². The molecule has 0 aliphatic carbocycles. The van der Waals surface area contributed by atoms with E-state index in [0.29, 0.717) is 48.9 Å². The highest BCUT2D eigenvalue weighted by Gasteiger charge is 2.22. The van der Waals surface area contributed by atoms with E-state index in [-0.39, 0.29) is 36.3 Å². The SMILES string of the molecule is CCNC(=NCC(O)c1cc(OC)cc(OC)c1)N1CCN(c2ccccc2F)CC1.I. The topological polar surface area (TPSA) is 69.6 Å². The second-order valence-corrected chi connectivity index (χ2v) is 7.28. The summed E-state index contributed by atoms with van der Waals surface area (Å²) in [5.41, 5.74) is 1.31. The molecule has 1 fully saturated rings. The summed E-state index contributed by atoms with van der Waals surface area (Å²) in [5.74, 6) is 1.78. The van der Waals surface area contributed by atoms with E-state index >= 15 is 0 Å². The predicted molar refractivity (Wildman–Crippen MR) is 136 cm³/mol. The molecule has 3 rings (SSSR count). The van der Waals surface area contributed by atoms with Gasteiger partial charge in [-0.1, -0.05) is 12.1 Å². The van der Waals surface area contributed by atoms with Gasteiger partial charge in [0.25, 0.3) is 0 Å². The molecule has 0 amide bonds. The average Bonchev–Trinajstić information content (AvgIpc) is 2.81. The van der Waals surface area contributed by atoms with Crippen molar-refractivity contribution < 1.29 is 19.0 Å². The molecule has 0 radical (unpaired) electrons. The van der Waals surface area contributed by atoms with Gasteiger partial charge in [0.1, 0.15) is 17.3 Å². The van der Waals surface area contributed by atoms with Gasteiger partial charge in [0.05, 0.1) is 32.6 Å². The maximum atomic E-state index is 14.1. The quantitative estimate of drug-likeness (QED) is 0.309. The number of hydrogen-bond donors (Lipinski definition) is 2. The number of aliphatic imine (C=N–C) groups is 1. The van der Waals surface area contributed by atoms with Crippen LogP contribution in [0.3, 0.4) is 0 Å². The Morgan fingerprint density at radius 1 is 1.09 bits per heavy atom. The summed E-state index contributed by atoms with van der Waals surface area (Å²) < 4.78 is 24.7. The van der Waals surface area contributed by atoms with Crippen molar-refractivity contribution in [1.82, 2.24) is 10.2 Å². The molecule has 2 aromatic rings. The Balaban J connectivity index is 0.00000363. The van der Waals surface area contributed by atoms with Crippen LogP contribution in [0.25, 0.3) is 0 Å². The molecule has 7 nitrogen and oxygen atoms in total. The molecule has 1 saturated heterocycles. The summed E-state index contributed by atoms with van der Waals surface area (Å²) in [6, 6.07) is 12.2. The van der Waals surface area contributed by atoms with E-state index in [1.807, 2.05) is 24.0 Å². The number of hydrogen-bond acceptors (Lipinski definition) is 5. The summed E-state index contributed by atoms with van der Waals surface area (Å²) in [6.45, 7) is 5.74. The highest BCUT2D eigenvalue weighted by atomic mass is 127. The van der Waals surface area contributed by atoms with E-state index in [2.05, 4.69) is 15.2 Å². The molecule has 0 aromatic heterocycles. The Kier molecular flexibility index (Phi) is 10.3. The van der Waals surface area contributed by atoms with E-state index in [4.69, 9.17) is 9.47 Å². The molecule has 1 aliphatic rings. The number of guanidine groups is 1. The van der Waals surface area contributed by atoms with Gasteiger partial charge >= 0.3 is 0 Å². The van der Waals surface area contributed by atoms with Crippen LogP contribution in [0.5, 0.6) is 11.5 Å². The third-order valence-corrected chi connectivity index (χ3v) is 5.28. The number of methoxy groups -OCH3 is 2. The number of rotatable bonds is 7. The van der Waals surface area contributed by atoms with Crippen molar-refractivity contribution in [1.29, 1.82) is 0 Å². The minimum absolute atomic E-state index is 0. The lowest BCUT2D eigenvalue weighted by molar-refractivity contribution is 0.185. The second kappa shape index (κ2) is 12.7. The molecular weight excluding hydrogens is 526 g/mol. The molecular formula is C23H32FIN4O3. The summed E-state index contributed by atoms with van der Waals surface area (Å²) in [5, 5.41) is 14.0.